The van der Waals surface area contributed by atoms with Crippen LogP contribution in [0, 0.1) is 0 Å². The molecule has 39 heavy (non-hydrogen) atoms. The largest absolute Gasteiger partial charge is 0.166 e. The number of hydrogen-bond acceptors (Lipinski definition) is 0. The summed E-state index contributed by atoms with van der Waals surface area (Å²) in [7, 11) is -0.261. The third-order valence-electron chi connectivity index (χ3n) is 6.43. The molecule has 0 aliphatic carbocycles. The lowest BCUT2D eigenvalue weighted by Gasteiger charge is -2.10. The summed E-state index contributed by atoms with van der Waals surface area (Å²) in [6.07, 6.45) is 0. The van der Waals surface area contributed by atoms with Crippen molar-refractivity contribution in [1.29, 1.82) is 0 Å². The van der Waals surface area contributed by atoms with E-state index in [-0.39, 0.29) is 29.2 Å². The quantitative estimate of drug-likeness (QED) is 0.177. The van der Waals surface area contributed by atoms with Gasteiger partial charge in [0.05, 0.1) is 21.8 Å². The van der Waals surface area contributed by atoms with Crippen LogP contribution in [0.5, 0.6) is 0 Å². The monoisotopic (exact) mass is 540 g/mol. The summed E-state index contributed by atoms with van der Waals surface area (Å²) in [6.45, 7) is 0. The van der Waals surface area contributed by atoms with Gasteiger partial charge >= 0.3 is 0 Å². The highest BCUT2D eigenvalue weighted by Crippen LogP contribution is 2.34. The van der Waals surface area contributed by atoms with Gasteiger partial charge in [0.1, 0.15) is 0 Å². The molecule has 0 aliphatic rings. The summed E-state index contributed by atoms with van der Waals surface area (Å²) < 4.78 is 0. The molecule has 0 spiro atoms. The summed E-state index contributed by atoms with van der Waals surface area (Å²) in [5.74, 6) is 0. The molecular weight excluding hydrogens is 509 g/mol. The summed E-state index contributed by atoms with van der Waals surface area (Å²) in [4.78, 5) is 8.01. The highest BCUT2D eigenvalue weighted by Gasteiger charge is 2.29. The molecule has 0 unspecified atom stereocenters. The molecule has 190 valence electrons. The fourth-order valence-corrected chi connectivity index (χ4v) is 8.78. The number of hydrogen-bond donors (Lipinski definition) is 0. The third kappa shape index (κ3) is 6.04. The number of benzene rings is 6. The standard InChI is InChI=1S/C36H28S2.CH4/c1-5-13-31(14-6-1)37(32-15-7-2-8-16-32)35-25-21-29(22-26-35)30-23-27-36(28-24-30)38(33-17-9-3-10-18-33)34-19-11-4-12-20-34;/h1-28H;1H4/q+2;. The second kappa shape index (κ2) is 12.7. The summed E-state index contributed by atoms with van der Waals surface area (Å²) >= 11 is 0. The predicted octanol–water partition coefficient (Wildman–Crippen LogP) is 10.2. The Morgan fingerprint density at radius 3 is 0.667 bits per heavy atom. The molecule has 6 rings (SSSR count). The van der Waals surface area contributed by atoms with E-state index in [1.165, 1.54) is 40.5 Å². The average molecular weight is 541 g/mol. The van der Waals surface area contributed by atoms with E-state index in [0.29, 0.717) is 0 Å². The minimum absolute atomic E-state index is 0. The SMILES string of the molecule is C.c1ccc([S+](c2ccccc2)c2ccc(-c3ccc([S+](c4ccccc4)c4ccccc4)cc3)cc2)cc1. The maximum atomic E-state index is 2.30. The minimum Gasteiger partial charge on any atom is -0.0776 e. The Balaban J connectivity index is 0.00000308. The summed E-state index contributed by atoms with van der Waals surface area (Å²) in [6, 6.07) is 61.5. The molecule has 0 aliphatic heterocycles. The van der Waals surface area contributed by atoms with E-state index in [1.807, 2.05) is 0 Å². The van der Waals surface area contributed by atoms with Crippen molar-refractivity contribution in [2.24, 2.45) is 0 Å². The van der Waals surface area contributed by atoms with Crippen molar-refractivity contribution < 1.29 is 0 Å². The highest BCUT2D eigenvalue weighted by molar-refractivity contribution is 7.97. The zero-order chi connectivity index (χ0) is 25.6. The Kier molecular flexibility index (Phi) is 8.68. The van der Waals surface area contributed by atoms with Crippen molar-refractivity contribution in [3.8, 4) is 11.1 Å². The Bertz CT molecular complexity index is 1360. The Morgan fingerprint density at radius 1 is 0.231 bits per heavy atom. The van der Waals surface area contributed by atoms with Crippen LogP contribution >= 0.6 is 0 Å². The van der Waals surface area contributed by atoms with Crippen molar-refractivity contribution in [2.75, 3.05) is 0 Å². The molecule has 6 aromatic rings. The van der Waals surface area contributed by atoms with Gasteiger partial charge in [0, 0.05) is 0 Å². The van der Waals surface area contributed by atoms with Gasteiger partial charge in [-0.2, -0.15) is 0 Å². The molecule has 2 heteroatoms. The van der Waals surface area contributed by atoms with E-state index >= 15 is 0 Å². The van der Waals surface area contributed by atoms with Crippen LogP contribution in [-0.4, -0.2) is 0 Å². The lowest BCUT2D eigenvalue weighted by molar-refractivity contribution is 1.31. The molecule has 0 bridgehead atoms. The maximum Gasteiger partial charge on any atom is 0.166 e. The van der Waals surface area contributed by atoms with Gasteiger partial charge in [-0.15, -0.1) is 0 Å². The molecule has 0 nitrogen and oxygen atoms in total. The zero-order valence-electron chi connectivity index (χ0n) is 21.0. The molecule has 0 radical (unpaired) electrons. The smallest absolute Gasteiger partial charge is 0.0776 e. The van der Waals surface area contributed by atoms with Gasteiger partial charge in [-0.1, -0.05) is 80.2 Å². The Hall–Kier alpha value is -3.98. The van der Waals surface area contributed by atoms with E-state index < -0.39 is 0 Å². The normalized spacial score (nSPS) is 10.8. The van der Waals surface area contributed by atoms with Crippen LogP contribution in [0.2, 0.25) is 0 Å². The molecule has 0 saturated heterocycles. The van der Waals surface area contributed by atoms with Gasteiger partial charge in [0.2, 0.25) is 0 Å². The molecule has 6 aromatic carbocycles. The maximum absolute atomic E-state index is 2.30. The average Bonchev–Trinajstić information content (AvgIpc) is 3.00. The highest BCUT2D eigenvalue weighted by atomic mass is 32.2. The Labute approximate surface area is 238 Å². The lowest BCUT2D eigenvalue weighted by Crippen LogP contribution is -2.05. The molecule has 0 amide bonds. The molecule has 0 N–H and O–H groups in total. The van der Waals surface area contributed by atoms with Crippen LogP contribution in [0.4, 0.5) is 0 Å². The van der Waals surface area contributed by atoms with Crippen LogP contribution in [0.3, 0.4) is 0 Å². The first kappa shape index (κ1) is 26.6. The fourth-order valence-electron chi connectivity index (χ4n) is 4.61. The first-order chi connectivity index (χ1) is 18.9. The van der Waals surface area contributed by atoms with Gasteiger partial charge < -0.3 is 0 Å². The van der Waals surface area contributed by atoms with E-state index in [2.05, 4.69) is 170 Å². The van der Waals surface area contributed by atoms with Crippen LogP contribution in [0.1, 0.15) is 7.43 Å². The van der Waals surface area contributed by atoms with E-state index in [1.54, 1.807) is 0 Å². The third-order valence-corrected chi connectivity index (χ3v) is 10.9. The second-order valence-electron chi connectivity index (χ2n) is 8.91. The van der Waals surface area contributed by atoms with Crippen LogP contribution in [0.25, 0.3) is 11.1 Å². The first-order valence-electron chi connectivity index (χ1n) is 12.8. The summed E-state index contributed by atoms with van der Waals surface area (Å²) in [5.41, 5.74) is 2.48. The Morgan fingerprint density at radius 2 is 0.436 bits per heavy atom. The first-order valence-corrected chi connectivity index (χ1v) is 15.2. The van der Waals surface area contributed by atoms with Crippen LogP contribution in [-0.2, 0) is 21.8 Å². The zero-order valence-corrected chi connectivity index (χ0v) is 22.6. The molecule has 0 aromatic heterocycles. The van der Waals surface area contributed by atoms with E-state index in [0.717, 1.165) is 0 Å². The predicted molar refractivity (Wildman–Crippen MR) is 169 cm³/mol. The van der Waals surface area contributed by atoms with Crippen molar-refractivity contribution in [2.45, 2.75) is 36.8 Å². The van der Waals surface area contributed by atoms with E-state index in [9.17, 15) is 0 Å². The van der Waals surface area contributed by atoms with Crippen molar-refractivity contribution in [3.63, 3.8) is 0 Å². The van der Waals surface area contributed by atoms with Crippen molar-refractivity contribution in [3.05, 3.63) is 170 Å². The van der Waals surface area contributed by atoms with Gasteiger partial charge in [-0.25, -0.2) is 0 Å². The van der Waals surface area contributed by atoms with Crippen molar-refractivity contribution >= 4 is 21.8 Å². The summed E-state index contributed by atoms with van der Waals surface area (Å²) in [5, 5.41) is 0. The van der Waals surface area contributed by atoms with Crippen LogP contribution in [0.15, 0.2) is 199 Å². The van der Waals surface area contributed by atoms with Gasteiger partial charge in [0.25, 0.3) is 0 Å². The van der Waals surface area contributed by atoms with E-state index in [4.69, 9.17) is 0 Å². The molecule has 0 heterocycles. The molecular formula is C37H32S2+2. The minimum atomic E-state index is -0.130. The van der Waals surface area contributed by atoms with Gasteiger partial charge in [-0.3, -0.25) is 0 Å². The van der Waals surface area contributed by atoms with Gasteiger partial charge in [-0.05, 0) is 108 Å². The van der Waals surface area contributed by atoms with Crippen molar-refractivity contribution in [1.82, 2.24) is 0 Å². The van der Waals surface area contributed by atoms with Gasteiger partial charge in [0.15, 0.2) is 29.4 Å². The van der Waals surface area contributed by atoms with Crippen LogP contribution < -0.4 is 0 Å². The topological polar surface area (TPSA) is 0 Å². The fraction of sp³-hybridized carbons (Fsp3) is 0.0270. The second-order valence-corrected chi connectivity index (χ2v) is 13.0. The molecule has 0 saturated carbocycles. The molecule has 0 fully saturated rings. The lowest BCUT2D eigenvalue weighted by atomic mass is 10.1. The molecule has 0 atom stereocenters. The number of rotatable bonds is 7.